The first-order valence-corrected chi connectivity index (χ1v) is 7.23. The van der Waals surface area contributed by atoms with Crippen LogP contribution in [0, 0.1) is 0 Å². The Balaban J connectivity index is 3.30. The summed E-state index contributed by atoms with van der Waals surface area (Å²) in [6, 6.07) is 0. The molecule has 0 aromatic heterocycles. The van der Waals surface area contributed by atoms with Gasteiger partial charge in [-0.25, -0.2) is 4.79 Å². The van der Waals surface area contributed by atoms with E-state index in [1.165, 1.54) is 0 Å². The van der Waals surface area contributed by atoms with Crippen molar-refractivity contribution in [2.24, 2.45) is 0 Å². The van der Waals surface area contributed by atoms with Crippen LogP contribution in [0.25, 0.3) is 0 Å². The molecule has 0 aliphatic heterocycles. The lowest BCUT2D eigenvalue weighted by Crippen LogP contribution is -2.13. The number of carboxylic acid groups (broad SMARTS) is 1. The number of carbonyl (C=O) groups is 3. The Bertz CT molecular complexity index is 314. The van der Waals surface area contributed by atoms with Crippen LogP contribution in [0.15, 0.2) is 0 Å². The number of ether oxygens (including phenoxy) is 3. The second-order valence-electron chi connectivity index (χ2n) is 4.48. The van der Waals surface area contributed by atoms with Crippen LogP contribution in [0.2, 0.25) is 0 Å². The molecule has 0 heterocycles. The van der Waals surface area contributed by atoms with Gasteiger partial charge in [0.05, 0.1) is 6.61 Å². The Kier molecular flexibility index (Phi) is 12.1. The summed E-state index contributed by atoms with van der Waals surface area (Å²) in [4.78, 5) is 32.3. The SMILES string of the molecule is CCOC(=O)OCOC(=O)CCCCCCCCC(=O)O. The maximum atomic E-state index is 11.3. The number of carbonyl (C=O) groups excluding carboxylic acids is 2. The van der Waals surface area contributed by atoms with Crippen molar-refractivity contribution in [1.29, 1.82) is 0 Å². The molecular formula is C14H24O7. The van der Waals surface area contributed by atoms with E-state index in [1.54, 1.807) is 6.92 Å². The predicted octanol–water partition coefficient (Wildman–Crippen LogP) is 2.87. The Morgan fingerprint density at radius 1 is 0.810 bits per heavy atom. The molecule has 7 heteroatoms. The highest BCUT2D eigenvalue weighted by molar-refractivity contribution is 5.69. The maximum Gasteiger partial charge on any atom is 0.511 e. The molecule has 0 atom stereocenters. The van der Waals surface area contributed by atoms with Gasteiger partial charge in [0.25, 0.3) is 0 Å². The van der Waals surface area contributed by atoms with Gasteiger partial charge in [0, 0.05) is 12.8 Å². The van der Waals surface area contributed by atoms with Crippen molar-refractivity contribution in [2.75, 3.05) is 13.4 Å². The Hall–Kier alpha value is -1.79. The van der Waals surface area contributed by atoms with Crippen LogP contribution in [-0.2, 0) is 23.8 Å². The number of aliphatic carboxylic acids is 1. The van der Waals surface area contributed by atoms with Gasteiger partial charge in [0.1, 0.15) is 0 Å². The monoisotopic (exact) mass is 304 g/mol. The van der Waals surface area contributed by atoms with Gasteiger partial charge in [-0.3, -0.25) is 9.59 Å². The molecule has 0 aromatic carbocycles. The quantitative estimate of drug-likeness (QED) is 0.336. The van der Waals surface area contributed by atoms with E-state index in [0.29, 0.717) is 12.8 Å². The third-order valence-electron chi connectivity index (χ3n) is 2.68. The third-order valence-corrected chi connectivity index (χ3v) is 2.68. The Morgan fingerprint density at radius 2 is 1.38 bits per heavy atom. The highest BCUT2D eigenvalue weighted by Crippen LogP contribution is 2.09. The van der Waals surface area contributed by atoms with Gasteiger partial charge in [-0.2, -0.15) is 0 Å². The zero-order chi connectivity index (χ0) is 15.9. The first-order valence-electron chi connectivity index (χ1n) is 7.23. The summed E-state index contributed by atoms with van der Waals surface area (Å²) in [5, 5.41) is 8.46. The van der Waals surface area contributed by atoms with Crippen molar-refractivity contribution in [3.8, 4) is 0 Å². The molecule has 0 saturated heterocycles. The van der Waals surface area contributed by atoms with Crippen LogP contribution >= 0.6 is 0 Å². The molecular weight excluding hydrogens is 280 g/mol. The number of unbranched alkanes of at least 4 members (excludes halogenated alkanes) is 5. The topological polar surface area (TPSA) is 99.1 Å². The van der Waals surface area contributed by atoms with Gasteiger partial charge < -0.3 is 19.3 Å². The zero-order valence-corrected chi connectivity index (χ0v) is 12.5. The van der Waals surface area contributed by atoms with Gasteiger partial charge in [-0.1, -0.05) is 25.7 Å². The summed E-state index contributed by atoms with van der Waals surface area (Å²) in [5.74, 6) is -1.17. The molecule has 0 aromatic rings. The van der Waals surface area contributed by atoms with Crippen molar-refractivity contribution < 1.29 is 33.7 Å². The van der Waals surface area contributed by atoms with Gasteiger partial charge in [0.15, 0.2) is 0 Å². The molecule has 0 unspecified atom stereocenters. The van der Waals surface area contributed by atoms with E-state index in [0.717, 1.165) is 25.7 Å². The van der Waals surface area contributed by atoms with Crippen LogP contribution in [-0.4, -0.2) is 36.6 Å². The number of hydrogen-bond acceptors (Lipinski definition) is 6. The van der Waals surface area contributed by atoms with Gasteiger partial charge in [0.2, 0.25) is 6.79 Å². The molecule has 0 bridgehead atoms. The second kappa shape index (κ2) is 13.2. The molecule has 0 spiro atoms. The average Bonchev–Trinajstić information content (AvgIpc) is 2.41. The fraction of sp³-hybridized carbons (Fsp3) is 0.786. The van der Waals surface area contributed by atoms with Gasteiger partial charge in [-0.15, -0.1) is 0 Å². The van der Waals surface area contributed by atoms with Crippen molar-refractivity contribution in [3.63, 3.8) is 0 Å². The number of esters is 1. The van der Waals surface area contributed by atoms with E-state index in [2.05, 4.69) is 9.47 Å². The Morgan fingerprint density at radius 3 is 1.95 bits per heavy atom. The first kappa shape index (κ1) is 19.2. The summed E-state index contributed by atoms with van der Waals surface area (Å²) in [6.45, 7) is 1.43. The third kappa shape index (κ3) is 14.4. The molecule has 0 radical (unpaired) electrons. The van der Waals surface area contributed by atoms with E-state index in [4.69, 9.17) is 9.84 Å². The number of rotatable bonds is 12. The lowest BCUT2D eigenvalue weighted by Gasteiger charge is -2.06. The number of carboxylic acids is 1. The van der Waals surface area contributed by atoms with Crippen LogP contribution in [0.4, 0.5) is 4.79 Å². The van der Waals surface area contributed by atoms with Crippen LogP contribution in [0.5, 0.6) is 0 Å². The minimum Gasteiger partial charge on any atom is -0.481 e. The summed E-state index contributed by atoms with van der Waals surface area (Å²) < 4.78 is 13.7. The van der Waals surface area contributed by atoms with E-state index in [-0.39, 0.29) is 19.4 Å². The standard InChI is InChI=1S/C14H24O7/c1-2-19-14(18)21-11-20-13(17)10-8-6-4-3-5-7-9-12(15)16/h2-11H2,1H3,(H,15,16). The maximum absolute atomic E-state index is 11.3. The molecule has 0 rings (SSSR count). The first-order chi connectivity index (χ1) is 10.1. The number of hydrogen-bond donors (Lipinski definition) is 1. The average molecular weight is 304 g/mol. The zero-order valence-electron chi connectivity index (χ0n) is 12.5. The summed E-state index contributed by atoms with van der Waals surface area (Å²) >= 11 is 0. The largest absolute Gasteiger partial charge is 0.511 e. The van der Waals surface area contributed by atoms with Crippen molar-refractivity contribution >= 4 is 18.1 Å². The molecule has 0 saturated carbocycles. The summed E-state index contributed by atoms with van der Waals surface area (Å²) in [5.41, 5.74) is 0. The smallest absolute Gasteiger partial charge is 0.481 e. The Labute approximate surface area is 124 Å². The molecule has 0 aliphatic rings. The van der Waals surface area contributed by atoms with E-state index >= 15 is 0 Å². The molecule has 21 heavy (non-hydrogen) atoms. The summed E-state index contributed by atoms with van der Waals surface area (Å²) in [6.07, 6.45) is 4.76. The van der Waals surface area contributed by atoms with Crippen molar-refractivity contribution in [1.82, 2.24) is 0 Å². The van der Waals surface area contributed by atoms with Crippen LogP contribution in [0.1, 0.15) is 58.3 Å². The van der Waals surface area contributed by atoms with Crippen LogP contribution in [0.3, 0.4) is 0 Å². The lowest BCUT2D eigenvalue weighted by atomic mass is 10.1. The normalized spacial score (nSPS) is 9.95. The molecule has 1 N–H and O–H groups in total. The molecule has 122 valence electrons. The van der Waals surface area contributed by atoms with E-state index < -0.39 is 24.9 Å². The fourth-order valence-corrected chi connectivity index (χ4v) is 1.63. The molecule has 0 aliphatic carbocycles. The highest BCUT2D eigenvalue weighted by Gasteiger charge is 2.06. The van der Waals surface area contributed by atoms with Crippen molar-refractivity contribution in [2.45, 2.75) is 58.3 Å². The minimum absolute atomic E-state index is 0.208. The lowest BCUT2D eigenvalue weighted by molar-refractivity contribution is -0.153. The molecule has 7 nitrogen and oxygen atoms in total. The van der Waals surface area contributed by atoms with Crippen molar-refractivity contribution in [3.05, 3.63) is 0 Å². The second-order valence-corrected chi connectivity index (χ2v) is 4.48. The van der Waals surface area contributed by atoms with E-state index in [9.17, 15) is 14.4 Å². The van der Waals surface area contributed by atoms with Crippen LogP contribution < -0.4 is 0 Å². The predicted molar refractivity (Wildman–Crippen MR) is 73.6 cm³/mol. The van der Waals surface area contributed by atoms with E-state index in [1.807, 2.05) is 0 Å². The van der Waals surface area contributed by atoms with Gasteiger partial charge >= 0.3 is 18.1 Å². The van der Waals surface area contributed by atoms with Gasteiger partial charge in [-0.05, 0) is 19.8 Å². The minimum atomic E-state index is -0.855. The summed E-state index contributed by atoms with van der Waals surface area (Å²) in [7, 11) is 0. The fourth-order valence-electron chi connectivity index (χ4n) is 1.63. The highest BCUT2D eigenvalue weighted by atomic mass is 16.8. The molecule has 0 amide bonds. The molecule has 0 fully saturated rings.